The fraction of sp³-hybridized carbons (Fsp3) is 0.476. The van der Waals surface area contributed by atoms with Gasteiger partial charge in [-0.15, -0.1) is 0 Å². The first kappa shape index (κ1) is 19.8. The van der Waals surface area contributed by atoms with E-state index in [1.807, 2.05) is 37.2 Å². The van der Waals surface area contributed by atoms with E-state index < -0.39 is 10.0 Å². The van der Waals surface area contributed by atoms with Crippen molar-refractivity contribution < 1.29 is 8.42 Å². The Kier molecular flexibility index (Phi) is 6.17. The zero-order valence-corrected chi connectivity index (χ0v) is 17.2. The van der Waals surface area contributed by atoms with Crippen LogP contribution in [0.3, 0.4) is 0 Å². The average Bonchev–Trinajstić information content (AvgIpc) is 2.69. The molecule has 1 saturated carbocycles. The van der Waals surface area contributed by atoms with Gasteiger partial charge >= 0.3 is 0 Å². The maximum Gasteiger partial charge on any atom is 0.240 e. The second-order valence-electron chi connectivity index (χ2n) is 7.53. The summed E-state index contributed by atoms with van der Waals surface area (Å²) in [6.45, 7) is 0. The molecule has 6 heteroatoms. The summed E-state index contributed by atoms with van der Waals surface area (Å²) in [5.41, 5.74) is 3.96. The van der Waals surface area contributed by atoms with Crippen LogP contribution in [-0.4, -0.2) is 34.5 Å². The van der Waals surface area contributed by atoms with Gasteiger partial charge in [-0.05, 0) is 49.2 Å². The van der Waals surface area contributed by atoms with Crippen LogP contribution in [0.1, 0.15) is 37.7 Å². The molecule has 146 valence electrons. The Morgan fingerprint density at radius 3 is 2.52 bits per heavy atom. The number of nitrogens with one attached hydrogen (secondary N) is 1. The summed E-state index contributed by atoms with van der Waals surface area (Å²) in [5, 5.41) is 0. The monoisotopic (exact) mass is 387 g/mol. The van der Waals surface area contributed by atoms with Crippen molar-refractivity contribution in [3.05, 3.63) is 42.1 Å². The van der Waals surface area contributed by atoms with Crippen LogP contribution in [0.25, 0.3) is 11.3 Å². The molecule has 1 aliphatic carbocycles. The highest BCUT2D eigenvalue weighted by atomic mass is 32.2. The van der Waals surface area contributed by atoms with Gasteiger partial charge in [0.05, 0.1) is 10.6 Å². The van der Waals surface area contributed by atoms with Crippen molar-refractivity contribution in [2.45, 2.75) is 43.4 Å². The third-order valence-corrected chi connectivity index (χ3v) is 6.84. The zero-order valence-electron chi connectivity index (χ0n) is 16.4. The maximum atomic E-state index is 12.3. The topological polar surface area (TPSA) is 62.3 Å². The fourth-order valence-corrected chi connectivity index (χ4v) is 4.56. The van der Waals surface area contributed by atoms with Crippen LogP contribution >= 0.6 is 0 Å². The Labute approximate surface area is 162 Å². The standard InChI is InChI=1S/C21H29N3O2S/c1-22-27(25,26)19-10-9-17(13-16-7-5-4-6-8-16)20(15-19)21-14-18(24(2)3)11-12-23-21/h9-12,14-16,22H,4-8,13H2,1-3H3. The van der Waals surface area contributed by atoms with Gasteiger partial charge in [-0.1, -0.05) is 38.2 Å². The summed E-state index contributed by atoms with van der Waals surface area (Å²) < 4.78 is 27.1. The lowest BCUT2D eigenvalue weighted by Gasteiger charge is -2.23. The molecule has 0 unspecified atom stereocenters. The van der Waals surface area contributed by atoms with Crippen molar-refractivity contribution in [3.8, 4) is 11.3 Å². The molecular weight excluding hydrogens is 358 g/mol. The van der Waals surface area contributed by atoms with Gasteiger partial charge in [0.25, 0.3) is 0 Å². The maximum absolute atomic E-state index is 12.3. The molecule has 0 aliphatic heterocycles. The summed E-state index contributed by atoms with van der Waals surface area (Å²) in [6, 6.07) is 9.43. The van der Waals surface area contributed by atoms with Gasteiger partial charge in [0.15, 0.2) is 0 Å². The van der Waals surface area contributed by atoms with Crippen LogP contribution in [0.4, 0.5) is 5.69 Å². The number of nitrogens with zero attached hydrogens (tertiary/aromatic N) is 2. The molecule has 1 heterocycles. The second kappa shape index (κ2) is 8.40. The summed E-state index contributed by atoms with van der Waals surface area (Å²) in [7, 11) is 1.93. The van der Waals surface area contributed by atoms with E-state index in [-0.39, 0.29) is 4.90 Å². The summed E-state index contributed by atoms with van der Waals surface area (Å²) in [5.74, 6) is 0.668. The third-order valence-electron chi connectivity index (χ3n) is 5.43. The largest absolute Gasteiger partial charge is 0.378 e. The minimum atomic E-state index is -3.49. The van der Waals surface area contributed by atoms with E-state index in [1.54, 1.807) is 18.3 Å². The number of sulfonamides is 1. The smallest absolute Gasteiger partial charge is 0.240 e. The molecule has 27 heavy (non-hydrogen) atoms. The van der Waals surface area contributed by atoms with Gasteiger partial charge < -0.3 is 4.90 Å². The van der Waals surface area contributed by atoms with Crippen molar-refractivity contribution in [1.82, 2.24) is 9.71 Å². The SMILES string of the molecule is CNS(=O)(=O)c1ccc(CC2CCCCC2)c(-c2cc(N(C)C)ccn2)c1. The number of aromatic nitrogens is 1. The highest BCUT2D eigenvalue weighted by molar-refractivity contribution is 7.89. The molecule has 0 saturated heterocycles. The molecule has 3 rings (SSSR count). The minimum Gasteiger partial charge on any atom is -0.378 e. The van der Waals surface area contributed by atoms with Crippen LogP contribution in [0, 0.1) is 5.92 Å². The van der Waals surface area contributed by atoms with Crippen molar-refractivity contribution in [2.24, 2.45) is 5.92 Å². The van der Waals surface area contributed by atoms with E-state index in [0.717, 1.165) is 23.4 Å². The Morgan fingerprint density at radius 1 is 1.11 bits per heavy atom. The van der Waals surface area contributed by atoms with Crippen molar-refractivity contribution >= 4 is 15.7 Å². The first-order valence-corrected chi connectivity index (χ1v) is 11.1. The van der Waals surface area contributed by atoms with E-state index in [0.29, 0.717) is 5.92 Å². The zero-order chi connectivity index (χ0) is 19.4. The molecule has 0 spiro atoms. The Hall–Kier alpha value is -1.92. The number of pyridine rings is 1. The molecular formula is C21H29N3O2S. The highest BCUT2D eigenvalue weighted by Gasteiger charge is 2.20. The number of anilines is 1. The molecule has 0 amide bonds. The molecule has 1 fully saturated rings. The van der Waals surface area contributed by atoms with E-state index in [2.05, 4.69) is 9.71 Å². The predicted octanol–water partition coefficient (Wildman–Crippen LogP) is 3.85. The van der Waals surface area contributed by atoms with Crippen LogP contribution in [0.5, 0.6) is 0 Å². The van der Waals surface area contributed by atoms with Gasteiger partial charge in [-0.3, -0.25) is 4.98 Å². The Morgan fingerprint density at radius 2 is 1.85 bits per heavy atom. The fourth-order valence-electron chi connectivity index (χ4n) is 3.80. The summed E-state index contributed by atoms with van der Waals surface area (Å²) in [4.78, 5) is 6.86. The normalized spacial score (nSPS) is 15.7. The first-order chi connectivity index (χ1) is 12.9. The van der Waals surface area contributed by atoms with Crippen LogP contribution < -0.4 is 9.62 Å². The number of hydrogen-bond donors (Lipinski definition) is 1. The summed E-state index contributed by atoms with van der Waals surface area (Å²) >= 11 is 0. The third kappa shape index (κ3) is 4.68. The van der Waals surface area contributed by atoms with Gasteiger partial charge in [-0.2, -0.15) is 0 Å². The van der Waals surface area contributed by atoms with Crippen LogP contribution in [-0.2, 0) is 16.4 Å². The number of benzene rings is 1. The molecule has 1 aliphatic rings. The van der Waals surface area contributed by atoms with Crippen LogP contribution in [0.2, 0.25) is 0 Å². The van der Waals surface area contributed by atoms with Gasteiger partial charge in [-0.25, -0.2) is 13.1 Å². The summed E-state index contributed by atoms with van der Waals surface area (Å²) in [6.07, 6.45) is 9.18. The van der Waals surface area contributed by atoms with E-state index in [9.17, 15) is 8.42 Å². The Balaban J connectivity index is 2.06. The Bertz CT molecular complexity index is 888. The molecule has 0 atom stereocenters. The van der Waals surface area contributed by atoms with E-state index in [1.165, 1.54) is 44.7 Å². The molecule has 1 aromatic heterocycles. The number of hydrogen-bond acceptors (Lipinski definition) is 4. The second-order valence-corrected chi connectivity index (χ2v) is 9.41. The number of rotatable bonds is 6. The van der Waals surface area contributed by atoms with Crippen molar-refractivity contribution in [1.29, 1.82) is 0 Å². The lowest BCUT2D eigenvalue weighted by molar-refractivity contribution is 0.357. The van der Waals surface area contributed by atoms with Gasteiger partial charge in [0.2, 0.25) is 10.0 Å². The van der Waals surface area contributed by atoms with E-state index in [4.69, 9.17) is 0 Å². The van der Waals surface area contributed by atoms with Gasteiger partial charge in [0.1, 0.15) is 0 Å². The highest BCUT2D eigenvalue weighted by Crippen LogP contribution is 2.33. The molecule has 1 N–H and O–H groups in total. The van der Waals surface area contributed by atoms with Crippen molar-refractivity contribution in [2.75, 3.05) is 26.0 Å². The lowest BCUT2D eigenvalue weighted by atomic mass is 9.83. The molecule has 2 aromatic rings. The molecule has 0 bridgehead atoms. The van der Waals surface area contributed by atoms with Gasteiger partial charge in [0, 0.05) is 31.5 Å². The van der Waals surface area contributed by atoms with Crippen LogP contribution in [0.15, 0.2) is 41.4 Å². The quantitative estimate of drug-likeness (QED) is 0.818. The predicted molar refractivity (Wildman–Crippen MR) is 111 cm³/mol. The molecule has 1 aromatic carbocycles. The molecule has 5 nitrogen and oxygen atoms in total. The lowest BCUT2D eigenvalue weighted by Crippen LogP contribution is -2.19. The van der Waals surface area contributed by atoms with E-state index >= 15 is 0 Å². The minimum absolute atomic E-state index is 0.282. The molecule has 0 radical (unpaired) electrons. The first-order valence-electron chi connectivity index (χ1n) is 9.61. The van der Waals surface area contributed by atoms with Crippen molar-refractivity contribution in [3.63, 3.8) is 0 Å². The average molecular weight is 388 g/mol.